The lowest BCUT2D eigenvalue weighted by molar-refractivity contribution is 0.0585. The normalized spacial score (nSPS) is 25.7. The molecule has 1 aliphatic heterocycles. The number of nitrogens with one attached hydrogen (secondary N) is 1. The average molecular weight is 346 g/mol. The largest absolute Gasteiger partial charge is 0.386 e. The van der Waals surface area contributed by atoms with Gasteiger partial charge in [-0.3, -0.25) is 0 Å². The van der Waals surface area contributed by atoms with Crippen molar-refractivity contribution in [2.24, 2.45) is 5.41 Å². The lowest BCUT2D eigenvalue weighted by Crippen LogP contribution is -2.45. The van der Waals surface area contributed by atoms with Gasteiger partial charge in [0, 0.05) is 32.2 Å². The fraction of sp³-hybridized carbons (Fsp3) is 0.650. The molecule has 0 bridgehead atoms. The van der Waals surface area contributed by atoms with Crippen LogP contribution in [-0.2, 0) is 16.9 Å². The van der Waals surface area contributed by atoms with Crippen molar-refractivity contribution in [1.82, 2.24) is 10.2 Å². The van der Waals surface area contributed by atoms with E-state index in [1.807, 2.05) is 31.3 Å². The summed E-state index contributed by atoms with van der Waals surface area (Å²) in [6.45, 7) is 5.61. The van der Waals surface area contributed by atoms with Crippen LogP contribution < -0.4 is 5.32 Å². The number of amides is 2. The lowest BCUT2D eigenvalue weighted by atomic mass is 9.82. The van der Waals surface area contributed by atoms with Crippen molar-refractivity contribution in [3.8, 4) is 0 Å². The maximum absolute atomic E-state index is 12.4. The number of carbonyl (C=O) groups is 1. The highest BCUT2D eigenvalue weighted by Crippen LogP contribution is 2.47. The Morgan fingerprint density at radius 2 is 2.08 bits per heavy atom. The van der Waals surface area contributed by atoms with E-state index in [0.717, 1.165) is 43.5 Å². The monoisotopic (exact) mass is 346 g/mol. The summed E-state index contributed by atoms with van der Waals surface area (Å²) in [5, 5.41) is 13.0. The molecule has 5 heteroatoms. The Bertz CT molecular complexity index is 596. The maximum atomic E-state index is 12.4. The SMILES string of the molecule is CN(C[C@]12CCC[C@H]1OCC2)C(=O)NCc1ccc(C(C)(C)O)cc1. The molecule has 1 aliphatic carbocycles. The zero-order chi connectivity index (χ0) is 18.1. The number of fused-ring (bicyclic) bond motifs is 1. The van der Waals surface area contributed by atoms with Gasteiger partial charge >= 0.3 is 6.03 Å². The van der Waals surface area contributed by atoms with Crippen LogP contribution in [-0.4, -0.2) is 42.3 Å². The van der Waals surface area contributed by atoms with Crippen LogP contribution in [0.4, 0.5) is 4.79 Å². The van der Waals surface area contributed by atoms with Gasteiger partial charge in [0.1, 0.15) is 0 Å². The molecule has 0 aromatic heterocycles. The number of ether oxygens (including phenoxy) is 1. The Labute approximate surface area is 150 Å². The second kappa shape index (κ2) is 6.96. The van der Waals surface area contributed by atoms with E-state index < -0.39 is 5.60 Å². The minimum atomic E-state index is -0.845. The molecule has 2 amide bonds. The van der Waals surface area contributed by atoms with Crippen molar-refractivity contribution in [2.75, 3.05) is 20.2 Å². The summed E-state index contributed by atoms with van der Waals surface area (Å²) >= 11 is 0. The van der Waals surface area contributed by atoms with Crippen molar-refractivity contribution in [1.29, 1.82) is 0 Å². The Hall–Kier alpha value is -1.59. The van der Waals surface area contributed by atoms with Gasteiger partial charge in [0.2, 0.25) is 0 Å². The Morgan fingerprint density at radius 1 is 1.36 bits per heavy atom. The van der Waals surface area contributed by atoms with Gasteiger partial charge in [-0.25, -0.2) is 4.79 Å². The van der Waals surface area contributed by atoms with Gasteiger partial charge < -0.3 is 20.1 Å². The topological polar surface area (TPSA) is 61.8 Å². The summed E-state index contributed by atoms with van der Waals surface area (Å²) in [6.07, 6.45) is 4.88. The molecule has 2 aliphatic rings. The third-order valence-corrected chi connectivity index (χ3v) is 5.75. The second-order valence-corrected chi connectivity index (χ2v) is 8.13. The third kappa shape index (κ3) is 3.98. The van der Waals surface area contributed by atoms with Crippen LogP contribution in [0, 0.1) is 5.41 Å². The molecule has 1 saturated heterocycles. The Morgan fingerprint density at radius 3 is 2.76 bits per heavy atom. The van der Waals surface area contributed by atoms with Crippen molar-refractivity contribution in [2.45, 2.75) is 57.8 Å². The number of aliphatic hydroxyl groups is 1. The molecule has 138 valence electrons. The second-order valence-electron chi connectivity index (χ2n) is 8.13. The van der Waals surface area contributed by atoms with Crippen LogP contribution in [0.2, 0.25) is 0 Å². The van der Waals surface area contributed by atoms with Gasteiger partial charge in [-0.05, 0) is 44.2 Å². The van der Waals surface area contributed by atoms with Crippen LogP contribution in [0.25, 0.3) is 0 Å². The predicted molar refractivity (Wildman–Crippen MR) is 97.2 cm³/mol. The van der Waals surface area contributed by atoms with E-state index in [1.165, 1.54) is 6.42 Å². The summed E-state index contributed by atoms with van der Waals surface area (Å²) in [6, 6.07) is 7.67. The average Bonchev–Trinajstić information content (AvgIpc) is 3.11. The number of rotatable bonds is 5. The number of hydrogen-bond acceptors (Lipinski definition) is 3. The van der Waals surface area contributed by atoms with Crippen molar-refractivity contribution in [3.05, 3.63) is 35.4 Å². The highest BCUT2D eigenvalue weighted by molar-refractivity contribution is 5.73. The minimum Gasteiger partial charge on any atom is -0.386 e. The molecule has 1 aromatic carbocycles. The summed E-state index contributed by atoms with van der Waals surface area (Å²) in [5.74, 6) is 0. The van der Waals surface area contributed by atoms with Crippen LogP contribution in [0.15, 0.2) is 24.3 Å². The van der Waals surface area contributed by atoms with Crippen molar-refractivity contribution < 1.29 is 14.6 Å². The predicted octanol–water partition coefficient (Wildman–Crippen LogP) is 3.01. The zero-order valence-corrected chi connectivity index (χ0v) is 15.5. The molecular formula is C20H30N2O3. The fourth-order valence-corrected chi connectivity index (χ4v) is 4.20. The minimum absolute atomic E-state index is 0.0431. The molecule has 1 heterocycles. The molecule has 3 rings (SSSR count). The molecule has 2 atom stereocenters. The smallest absolute Gasteiger partial charge is 0.317 e. The first-order chi connectivity index (χ1) is 11.8. The molecule has 5 nitrogen and oxygen atoms in total. The van der Waals surface area contributed by atoms with Crippen LogP contribution in [0.3, 0.4) is 0 Å². The van der Waals surface area contributed by atoms with E-state index in [-0.39, 0.29) is 11.4 Å². The summed E-state index contributed by atoms with van der Waals surface area (Å²) in [5.41, 5.74) is 1.21. The van der Waals surface area contributed by atoms with E-state index >= 15 is 0 Å². The summed E-state index contributed by atoms with van der Waals surface area (Å²) in [4.78, 5) is 14.3. The number of benzene rings is 1. The van der Waals surface area contributed by atoms with E-state index in [9.17, 15) is 9.90 Å². The first-order valence-electron chi connectivity index (χ1n) is 9.23. The third-order valence-electron chi connectivity index (χ3n) is 5.75. The highest BCUT2D eigenvalue weighted by Gasteiger charge is 2.48. The standard InChI is InChI=1S/C20H30N2O3/c1-19(2,24)16-8-6-15(7-9-16)13-21-18(23)22(3)14-20-10-4-5-17(20)25-12-11-20/h6-9,17,24H,4-5,10-14H2,1-3H3,(H,21,23)/t17-,20-/m1/s1. The molecule has 2 fully saturated rings. The molecule has 0 spiro atoms. The summed E-state index contributed by atoms with van der Waals surface area (Å²) in [7, 11) is 1.87. The van der Waals surface area contributed by atoms with Crippen LogP contribution >= 0.6 is 0 Å². The number of hydrogen-bond donors (Lipinski definition) is 2. The zero-order valence-electron chi connectivity index (χ0n) is 15.5. The first kappa shape index (κ1) is 18.2. The quantitative estimate of drug-likeness (QED) is 0.861. The maximum Gasteiger partial charge on any atom is 0.317 e. The molecule has 1 saturated carbocycles. The van der Waals surface area contributed by atoms with Gasteiger partial charge in [-0.1, -0.05) is 30.7 Å². The first-order valence-corrected chi connectivity index (χ1v) is 9.23. The molecule has 0 radical (unpaired) electrons. The number of nitrogens with zero attached hydrogens (tertiary/aromatic N) is 1. The number of carbonyl (C=O) groups excluding carboxylic acids is 1. The Balaban J connectivity index is 1.52. The van der Waals surface area contributed by atoms with Crippen LogP contribution in [0.1, 0.15) is 50.7 Å². The highest BCUT2D eigenvalue weighted by atomic mass is 16.5. The summed E-state index contributed by atoms with van der Waals surface area (Å²) < 4.78 is 5.85. The van der Waals surface area contributed by atoms with Gasteiger partial charge in [-0.2, -0.15) is 0 Å². The van der Waals surface area contributed by atoms with Crippen LogP contribution in [0.5, 0.6) is 0 Å². The van der Waals surface area contributed by atoms with Gasteiger partial charge in [-0.15, -0.1) is 0 Å². The molecule has 0 unspecified atom stereocenters. The van der Waals surface area contributed by atoms with E-state index in [2.05, 4.69) is 5.32 Å². The Kier molecular flexibility index (Phi) is 5.07. The van der Waals surface area contributed by atoms with E-state index in [4.69, 9.17) is 4.74 Å². The number of urea groups is 1. The van der Waals surface area contributed by atoms with E-state index in [0.29, 0.717) is 12.6 Å². The molecule has 25 heavy (non-hydrogen) atoms. The van der Waals surface area contributed by atoms with Gasteiger partial charge in [0.25, 0.3) is 0 Å². The molecule has 2 N–H and O–H groups in total. The fourth-order valence-electron chi connectivity index (χ4n) is 4.20. The lowest BCUT2D eigenvalue weighted by Gasteiger charge is -2.32. The molecular weight excluding hydrogens is 316 g/mol. The van der Waals surface area contributed by atoms with Crippen molar-refractivity contribution >= 4 is 6.03 Å². The molecule has 1 aromatic rings. The van der Waals surface area contributed by atoms with Gasteiger partial charge in [0.15, 0.2) is 0 Å². The van der Waals surface area contributed by atoms with E-state index in [1.54, 1.807) is 18.7 Å². The van der Waals surface area contributed by atoms with Gasteiger partial charge in [0.05, 0.1) is 11.7 Å². The van der Waals surface area contributed by atoms with Crippen molar-refractivity contribution in [3.63, 3.8) is 0 Å².